The van der Waals surface area contributed by atoms with Crippen LogP contribution in [0.2, 0.25) is 0 Å². The summed E-state index contributed by atoms with van der Waals surface area (Å²) in [7, 11) is 0. The van der Waals surface area contributed by atoms with E-state index in [2.05, 4.69) is 18.9 Å². The minimum atomic E-state index is 0.00400. The largest absolute Gasteiger partial charge is 0.454 e. The number of aryl methyl sites for hydroxylation is 2. The summed E-state index contributed by atoms with van der Waals surface area (Å²) in [5, 5.41) is 4.43. The fourth-order valence-electron chi connectivity index (χ4n) is 3.51. The van der Waals surface area contributed by atoms with Crippen molar-refractivity contribution in [2.24, 2.45) is 0 Å². The summed E-state index contributed by atoms with van der Waals surface area (Å²) in [6.45, 7) is 8.78. The molecular weight excluding hydrogens is 290 g/mol. The Kier molecular flexibility index (Phi) is 4.28. The summed E-state index contributed by atoms with van der Waals surface area (Å²) >= 11 is 0. The number of amides is 1. The van der Waals surface area contributed by atoms with Crippen LogP contribution in [0.3, 0.4) is 0 Å². The van der Waals surface area contributed by atoms with E-state index in [1.165, 1.54) is 6.42 Å². The number of aromatic nitrogens is 2. The highest BCUT2D eigenvalue weighted by atomic mass is 16.4. The number of hydrogen-bond donors (Lipinski definition) is 0. The monoisotopic (exact) mass is 315 g/mol. The highest BCUT2D eigenvalue weighted by Crippen LogP contribution is 2.25. The second-order valence-electron chi connectivity index (χ2n) is 6.69. The molecule has 0 N–H and O–H groups in total. The molecule has 0 spiro atoms. The number of furan rings is 1. The van der Waals surface area contributed by atoms with E-state index in [1.807, 2.05) is 35.6 Å². The van der Waals surface area contributed by atoms with Crippen molar-refractivity contribution in [2.75, 3.05) is 0 Å². The second kappa shape index (κ2) is 6.22. The first-order chi connectivity index (χ1) is 11.0. The van der Waals surface area contributed by atoms with Gasteiger partial charge >= 0.3 is 0 Å². The average Bonchev–Trinajstić information content (AvgIpc) is 3.06. The Labute approximate surface area is 137 Å². The van der Waals surface area contributed by atoms with E-state index < -0.39 is 0 Å². The molecule has 2 atom stereocenters. The molecule has 3 rings (SSSR count). The van der Waals surface area contributed by atoms with Crippen LogP contribution in [0.4, 0.5) is 0 Å². The normalized spacial score (nSPS) is 21.7. The highest BCUT2D eigenvalue weighted by molar-refractivity contribution is 5.92. The van der Waals surface area contributed by atoms with Crippen LogP contribution in [0.5, 0.6) is 0 Å². The third-order valence-corrected chi connectivity index (χ3v) is 4.71. The molecule has 0 saturated carbocycles. The third-order valence-electron chi connectivity index (χ3n) is 4.71. The Hall–Kier alpha value is -2.04. The van der Waals surface area contributed by atoms with Gasteiger partial charge in [0.2, 0.25) is 0 Å². The lowest BCUT2D eigenvalue weighted by Gasteiger charge is -2.38. The Morgan fingerprint density at radius 1 is 1.26 bits per heavy atom. The van der Waals surface area contributed by atoms with Gasteiger partial charge in [0.05, 0.1) is 12.2 Å². The fourth-order valence-corrected chi connectivity index (χ4v) is 3.51. The van der Waals surface area contributed by atoms with Crippen molar-refractivity contribution in [1.29, 1.82) is 0 Å². The van der Waals surface area contributed by atoms with E-state index in [-0.39, 0.29) is 18.0 Å². The fraction of sp³-hybridized carbons (Fsp3) is 0.556. The zero-order valence-corrected chi connectivity index (χ0v) is 14.4. The quantitative estimate of drug-likeness (QED) is 0.870. The van der Waals surface area contributed by atoms with Crippen LogP contribution < -0.4 is 0 Å². The van der Waals surface area contributed by atoms with Crippen LogP contribution in [0.15, 0.2) is 22.6 Å². The second-order valence-corrected chi connectivity index (χ2v) is 6.69. The molecule has 124 valence electrons. The summed E-state index contributed by atoms with van der Waals surface area (Å²) in [5.74, 6) is 1.20. The summed E-state index contributed by atoms with van der Waals surface area (Å²) < 4.78 is 7.71. The molecule has 5 nitrogen and oxygen atoms in total. The Morgan fingerprint density at radius 3 is 2.57 bits per heavy atom. The molecule has 3 heterocycles. The summed E-state index contributed by atoms with van der Waals surface area (Å²) in [6, 6.07) is 6.25. The number of piperidine rings is 1. The van der Waals surface area contributed by atoms with Gasteiger partial charge in [-0.3, -0.25) is 9.48 Å². The van der Waals surface area contributed by atoms with Gasteiger partial charge in [-0.15, -0.1) is 0 Å². The van der Waals surface area contributed by atoms with E-state index >= 15 is 0 Å². The number of nitrogens with zero attached hydrogens (tertiary/aromatic N) is 3. The number of hydrogen-bond acceptors (Lipinski definition) is 3. The van der Waals surface area contributed by atoms with E-state index in [1.54, 1.807) is 6.07 Å². The topological polar surface area (TPSA) is 51.3 Å². The van der Waals surface area contributed by atoms with Crippen LogP contribution in [0.25, 0.3) is 0 Å². The molecule has 0 aliphatic carbocycles. The van der Waals surface area contributed by atoms with Crippen molar-refractivity contribution in [1.82, 2.24) is 14.7 Å². The predicted octanol–water partition coefficient (Wildman–Crippen LogP) is 3.54. The van der Waals surface area contributed by atoms with E-state index in [4.69, 9.17) is 4.42 Å². The van der Waals surface area contributed by atoms with Crippen molar-refractivity contribution >= 4 is 5.91 Å². The standard InChI is InChI=1S/C18H25N3O2/c1-12-10-15(4)20(19-12)11-16-8-9-17(23-16)18(22)21-13(2)6-5-7-14(21)3/h8-10,13-14H,5-7,11H2,1-4H3/t13-,14-/m1/s1. The molecule has 0 bridgehead atoms. The molecule has 0 aromatic carbocycles. The van der Waals surface area contributed by atoms with Crippen LogP contribution in [-0.4, -0.2) is 32.7 Å². The lowest BCUT2D eigenvalue weighted by atomic mass is 9.97. The van der Waals surface area contributed by atoms with Crippen LogP contribution in [0, 0.1) is 13.8 Å². The maximum atomic E-state index is 12.8. The van der Waals surface area contributed by atoms with Crippen molar-refractivity contribution < 1.29 is 9.21 Å². The number of rotatable bonds is 3. The molecule has 0 radical (unpaired) electrons. The van der Waals surface area contributed by atoms with Gasteiger partial charge in [0.25, 0.3) is 5.91 Å². The first kappa shape index (κ1) is 15.8. The van der Waals surface area contributed by atoms with E-state index in [0.717, 1.165) is 30.0 Å². The highest BCUT2D eigenvalue weighted by Gasteiger charge is 2.31. The lowest BCUT2D eigenvalue weighted by Crippen LogP contribution is -2.47. The van der Waals surface area contributed by atoms with Gasteiger partial charge in [-0.05, 0) is 65.2 Å². The first-order valence-electron chi connectivity index (χ1n) is 8.38. The SMILES string of the molecule is Cc1cc(C)n(Cc2ccc(C(=O)N3[C@H](C)CCC[C@H]3C)o2)n1. The van der Waals surface area contributed by atoms with Gasteiger partial charge in [-0.2, -0.15) is 5.10 Å². The average molecular weight is 315 g/mol. The molecule has 5 heteroatoms. The van der Waals surface area contributed by atoms with Gasteiger partial charge in [0, 0.05) is 17.8 Å². The van der Waals surface area contributed by atoms with Crippen LogP contribution >= 0.6 is 0 Å². The third kappa shape index (κ3) is 3.19. The van der Waals surface area contributed by atoms with Crippen LogP contribution in [-0.2, 0) is 6.54 Å². The van der Waals surface area contributed by atoms with E-state index in [9.17, 15) is 4.79 Å². The molecule has 1 amide bonds. The molecule has 23 heavy (non-hydrogen) atoms. The minimum absolute atomic E-state index is 0.00400. The summed E-state index contributed by atoms with van der Waals surface area (Å²) in [4.78, 5) is 14.7. The van der Waals surface area contributed by atoms with E-state index in [0.29, 0.717) is 12.3 Å². The first-order valence-corrected chi connectivity index (χ1v) is 8.38. The van der Waals surface area contributed by atoms with Crippen LogP contribution in [0.1, 0.15) is 60.8 Å². The Morgan fingerprint density at radius 2 is 1.96 bits per heavy atom. The molecule has 1 aliphatic rings. The van der Waals surface area contributed by atoms with Crippen molar-refractivity contribution in [3.63, 3.8) is 0 Å². The molecule has 1 saturated heterocycles. The van der Waals surface area contributed by atoms with Gasteiger partial charge < -0.3 is 9.32 Å². The number of carbonyl (C=O) groups excluding carboxylic acids is 1. The van der Waals surface area contributed by atoms with Crippen molar-refractivity contribution in [3.8, 4) is 0 Å². The van der Waals surface area contributed by atoms with Crippen molar-refractivity contribution in [3.05, 3.63) is 41.1 Å². The lowest BCUT2D eigenvalue weighted by molar-refractivity contribution is 0.0476. The summed E-state index contributed by atoms with van der Waals surface area (Å²) in [6.07, 6.45) is 3.32. The maximum absolute atomic E-state index is 12.8. The molecular formula is C18H25N3O2. The maximum Gasteiger partial charge on any atom is 0.290 e. The smallest absolute Gasteiger partial charge is 0.290 e. The summed E-state index contributed by atoms with van der Waals surface area (Å²) in [5.41, 5.74) is 2.08. The van der Waals surface area contributed by atoms with Crippen molar-refractivity contribution in [2.45, 2.75) is 65.6 Å². The van der Waals surface area contributed by atoms with Gasteiger partial charge in [-0.1, -0.05) is 0 Å². The molecule has 2 aromatic rings. The molecule has 1 aliphatic heterocycles. The van der Waals surface area contributed by atoms with Gasteiger partial charge in [0.1, 0.15) is 5.76 Å². The Balaban J connectivity index is 1.76. The number of carbonyl (C=O) groups is 1. The van der Waals surface area contributed by atoms with Gasteiger partial charge in [-0.25, -0.2) is 0 Å². The number of likely N-dealkylation sites (tertiary alicyclic amines) is 1. The molecule has 2 aromatic heterocycles. The minimum Gasteiger partial charge on any atom is -0.454 e. The molecule has 0 unspecified atom stereocenters. The molecule has 1 fully saturated rings. The van der Waals surface area contributed by atoms with Gasteiger partial charge in [0.15, 0.2) is 5.76 Å². The zero-order valence-electron chi connectivity index (χ0n) is 14.4. The predicted molar refractivity (Wildman–Crippen MR) is 88.5 cm³/mol. The zero-order chi connectivity index (χ0) is 16.6. The Bertz CT molecular complexity index is 691.